The highest BCUT2D eigenvalue weighted by Crippen LogP contribution is 2.15. The third-order valence-electron chi connectivity index (χ3n) is 6.64. The minimum Gasteiger partial charge on any atom is -0.479 e. The quantitative estimate of drug-likeness (QED) is 0.0948. The van der Waals surface area contributed by atoms with Gasteiger partial charge in [-0.2, -0.15) is 0 Å². The van der Waals surface area contributed by atoms with Crippen molar-refractivity contribution in [3.63, 3.8) is 0 Å². The average molecular weight is 503 g/mol. The van der Waals surface area contributed by atoms with Crippen molar-refractivity contribution in [2.75, 3.05) is 6.61 Å². The monoisotopic (exact) mass is 502 g/mol. The molecule has 3 unspecified atom stereocenters. The lowest BCUT2D eigenvalue weighted by Crippen LogP contribution is -2.43. The molecule has 0 saturated carbocycles. The molecule has 208 valence electrons. The van der Waals surface area contributed by atoms with E-state index in [1.54, 1.807) is 0 Å². The minimum absolute atomic E-state index is 0.305. The molecule has 0 spiro atoms. The number of ether oxygens (including phenoxy) is 1. The summed E-state index contributed by atoms with van der Waals surface area (Å²) in [7, 11) is 0. The zero-order chi connectivity index (χ0) is 26.2. The summed E-state index contributed by atoms with van der Waals surface area (Å²) in [5, 5.41) is 36.9. The Labute approximate surface area is 213 Å². The zero-order valence-electron chi connectivity index (χ0n) is 22.3. The van der Waals surface area contributed by atoms with Gasteiger partial charge >= 0.3 is 11.9 Å². The Kier molecular flexibility index (Phi) is 23.7. The maximum atomic E-state index is 11.0. The molecule has 0 aromatic rings. The van der Waals surface area contributed by atoms with Crippen LogP contribution in [0.25, 0.3) is 0 Å². The van der Waals surface area contributed by atoms with Gasteiger partial charge < -0.3 is 25.2 Å². The fraction of sp³-hybridized carbons (Fsp3) is 0.929. The van der Waals surface area contributed by atoms with Crippen LogP contribution in [0, 0.1) is 0 Å². The molecule has 35 heavy (non-hydrogen) atoms. The lowest BCUT2D eigenvalue weighted by Gasteiger charge is -2.18. The largest absolute Gasteiger partial charge is 0.479 e. The van der Waals surface area contributed by atoms with E-state index in [2.05, 4.69) is 6.92 Å². The molecule has 4 N–H and O–H groups in total. The van der Waals surface area contributed by atoms with E-state index in [1.807, 2.05) is 0 Å². The van der Waals surface area contributed by atoms with E-state index in [4.69, 9.17) is 14.9 Å². The first-order valence-electron chi connectivity index (χ1n) is 14.3. The Morgan fingerprint density at radius 1 is 0.571 bits per heavy atom. The molecule has 0 saturated heterocycles. The van der Waals surface area contributed by atoms with Gasteiger partial charge in [-0.3, -0.25) is 0 Å². The molecule has 0 rings (SSSR count). The SMILES string of the molecule is CCCCCCCCCCCCCCCCCCCCCCC(O)COC(C(=O)O)C(O)C(=O)O. The van der Waals surface area contributed by atoms with E-state index < -0.39 is 30.3 Å². The molecule has 0 aliphatic carbocycles. The van der Waals surface area contributed by atoms with Crippen LogP contribution in [0.3, 0.4) is 0 Å². The predicted molar refractivity (Wildman–Crippen MR) is 140 cm³/mol. The summed E-state index contributed by atoms with van der Waals surface area (Å²) >= 11 is 0. The Hall–Kier alpha value is -1.18. The van der Waals surface area contributed by atoms with Gasteiger partial charge in [-0.1, -0.05) is 135 Å². The summed E-state index contributed by atoms with van der Waals surface area (Å²) in [5.41, 5.74) is 0. The normalized spacial score (nSPS) is 14.0. The van der Waals surface area contributed by atoms with Crippen LogP contribution in [0.2, 0.25) is 0 Å². The molecule has 3 atom stereocenters. The van der Waals surface area contributed by atoms with Crippen LogP contribution >= 0.6 is 0 Å². The fourth-order valence-electron chi connectivity index (χ4n) is 4.36. The van der Waals surface area contributed by atoms with Gasteiger partial charge in [0.05, 0.1) is 12.7 Å². The van der Waals surface area contributed by atoms with Crippen LogP contribution in [0.15, 0.2) is 0 Å². The molecule has 0 radical (unpaired) electrons. The van der Waals surface area contributed by atoms with Crippen molar-refractivity contribution in [3.8, 4) is 0 Å². The van der Waals surface area contributed by atoms with Crippen molar-refractivity contribution in [2.45, 2.75) is 160 Å². The molecule has 0 aliphatic heterocycles. The Bertz CT molecular complexity index is 498. The third kappa shape index (κ3) is 21.8. The summed E-state index contributed by atoms with van der Waals surface area (Å²) in [4.78, 5) is 21.7. The highest BCUT2D eigenvalue weighted by molar-refractivity contribution is 5.83. The highest BCUT2D eigenvalue weighted by Gasteiger charge is 2.33. The molecule has 0 fully saturated rings. The molecule has 0 aliphatic rings. The number of carboxylic acids is 2. The van der Waals surface area contributed by atoms with Crippen molar-refractivity contribution in [3.05, 3.63) is 0 Å². The number of aliphatic hydroxyl groups excluding tert-OH is 2. The van der Waals surface area contributed by atoms with Crippen molar-refractivity contribution in [1.29, 1.82) is 0 Å². The number of carbonyl (C=O) groups is 2. The fourth-order valence-corrected chi connectivity index (χ4v) is 4.36. The van der Waals surface area contributed by atoms with Gasteiger partial charge in [0.25, 0.3) is 0 Å². The smallest absolute Gasteiger partial charge is 0.336 e. The van der Waals surface area contributed by atoms with Gasteiger partial charge in [-0.25, -0.2) is 9.59 Å². The van der Waals surface area contributed by atoms with E-state index >= 15 is 0 Å². The van der Waals surface area contributed by atoms with Crippen LogP contribution in [0.4, 0.5) is 0 Å². The molecule has 0 aromatic heterocycles. The number of aliphatic carboxylic acids is 2. The Morgan fingerprint density at radius 2 is 0.914 bits per heavy atom. The second-order valence-corrected chi connectivity index (χ2v) is 10.0. The van der Waals surface area contributed by atoms with Gasteiger partial charge in [0.1, 0.15) is 0 Å². The molecular formula is C28H54O7. The van der Waals surface area contributed by atoms with Crippen molar-refractivity contribution < 1.29 is 34.8 Å². The van der Waals surface area contributed by atoms with E-state index in [1.165, 1.54) is 109 Å². The highest BCUT2D eigenvalue weighted by atomic mass is 16.5. The van der Waals surface area contributed by atoms with Gasteiger partial charge in [0.2, 0.25) is 0 Å². The molecule has 0 aromatic carbocycles. The van der Waals surface area contributed by atoms with Gasteiger partial charge in [0.15, 0.2) is 12.2 Å². The number of hydrogen-bond donors (Lipinski definition) is 4. The van der Waals surface area contributed by atoms with Gasteiger partial charge in [-0.05, 0) is 6.42 Å². The first-order chi connectivity index (χ1) is 16.9. The maximum Gasteiger partial charge on any atom is 0.336 e. The first-order valence-corrected chi connectivity index (χ1v) is 14.3. The zero-order valence-corrected chi connectivity index (χ0v) is 22.3. The second-order valence-electron chi connectivity index (χ2n) is 10.0. The number of aliphatic hydroxyl groups is 2. The Balaban J connectivity index is 3.38. The van der Waals surface area contributed by atoms with E-state index in [0.717, 1.165) is 19.3 Å². The predicted octanol–water partition coefficient (Wildman–Crippen LogP) is 6.47. The van der Waals surface area contributed by atoms with Crippen molar-refractivity contribution in [2.24, 2.45) is 0 Å². The molecule has 0 bridgehead atoms. The van der Waals surface area contributed by atoms with Crippen molar-refractivity contribution >= 4 is 11.9 Å². The number of hydrogen-bond acceptors (Lipinski definition) is 5. The molecule has 0 amide bonds. The minimum atomic E-state index is -2.15. The van der Waals surface area contributed by atoms with Crippen LogP contribution in [-0.4, -0.2) is 57.3 Å². The second kappa shape index (κ2) is 24.5. The van der Waals surface area contributed by atoms with Gasteiger partial charge in [-0.15, -0.1) is 0 Å². The standard InChI is InChI=1S/C28H54O7/c1-2-3-4-5-6-7-8-9-10-11-12-13-14-15-16-17-18-19-20-21-22-24(29)23-35-26(28(33)34)25(30)27(31)32/h24-26,29-30H,2-23H2,1H3,(H,31,32)(H,33,34). The molecule has 7 heteroatoms. The van der Waals surface area contributed by atoms with Crippen LogP contribution < -0.4 is 0 Å². The van der Waals surface area contributed by atoms with Crippen LogP contribution in [-0.2, 0) is 14.3 Å². The lowest BCUT2D eigenvalue weighted by molar-refractivity contribution is -0.173. The number of unbranched alkanes of at least 4 members (excludes halogenated alkanes) is 19. The summed E-state index contributed by atoms with van der Waals surface area (Å²) in [5.74, 6) is -3.23. The van der Waals surface area contributed by atoms with Crippen LogP contribution in [0.5, 0.6) is 0 Å². The first kappa shape index (κ1) is 33.8. The summed E-state index contributed by atoms with van der Waals surface area (Å²) in [6, 6.07) is 0. The van der Waals surface area contributed by atoms with Crippen LogP contribution in [0.1, 0.15) is 142 Å². The topological polar surface area (TPSA) is 124 Å². The van der Waals surface area contributed by atoms with E-state index in [0.29, 0.717) is 6.42 Å². The average Bonchev–Trinajstić information content (AvgIpc) is 2.82. The van der Waals surface area contributed by atoms with E-state index in [9.17, 15) is 19.8 Å². The van der Waals surface area contributed by atoms with Crippen molar-refractivity contribution in [1.82, 2.24) is 0 Å². The third-order valence-corrected chi connectivity index (χ3v) is 6.64. The van der Waals surface area contributed by atoms with E-state index in [-0.39, 0.29) is 6.61 Å². The van der Waals surface area contributed by atoms with Gasteiger partial charge in [0, 0.05) is 0 Å². The maximum absolute atomic E-state index is 11.0. The summed E-state index contributed by atoms with van der Waals surface area (Å²) in [6.45, 7) is 1.96. The summed E-state index contributed by atoms with van der Waals surface area (Å²) in [6.07, 6.45) is 21.7. The Morgan fingerprint density at radius 3 is 1.23 bits per heavy atom. The number of rotatable bonds is 27. The molecular weight excluding hydrogens is 448 g/mol. The number of carboxylic acid groups (broad SMARTS) is 2. The molecule has 0 heterocycles. The lowest BCUT2D eigenvalue weighted by atomic mass is 10.0. The molecule has 7 nitrogen and oxygen atoms in total. The summed E-state index contributed by atoms with van der Waals surface area (Å²) < 4.78 is 4.90.